The van der Waals surface area contributed by atoms with Crippen LogP contribution in [0.3, 0.4) is 0 Å². The zero-order valence-electron chi connectivity index (χ0n) is 13.2. The third kappa shape index (κ3) is 4.30. The zero-order valence-corrected chi connectivity index (χ0v) is 14.1. The van der Waals surface area contributed by atoms with Gasteiger partial charge in [0, 0.05) is 6.04 Å². The van der Waals surface area contributed by atoms with Crippen LogP contribution in [0.1, 0.15) is 33.6 Å². The van der Waals surface area contributed by atoms with Crippen LogP contribution in [-0.2, 0) is 14.8 Å². The van der Waals surface area contributed by atoms with Crippen LogP contribution in [0.4, 0.5) is 0 Å². The number of amides is 1. The van der Waals surface area contributed by atoms with Gasteiger partial charge in [0.1, 0.15) is 6.04 Å². The fourth-order valence-corrected chi connectivity index (χ4v) is 3.72. The molecule has 0 heterocycles. The Hall–Kier alpha value is -1.40. The normalized spacial score (nSPS) is 18.0. The van der Waals surface area contributed by atoms with Crippen LogP contribution in [0.5, 0.6) is 0 Å². The van der Waals surface area contributed by atoms with Gasteiger partial charge in [-0.1, -0.05) is 32.0 Å². The molecule has 122 valence electrons. The van der Waals surface area contributed by atoms with E-state index in [4.69, 9.17) is 0 Å². The first-order valence-electron chi connectivity index (χ1n) is 7.69. The van der Waals surface area contributed by atoms with Crippen molar-refractivity contribution in [3.63, 3.8) is 0 Å². The molecule has 0 unspecified atom stereocenters. The van der Waals surface area contributed by atoms with Gasteiger partial charge in [-0.25, -0.2) is 8.42 Å². The van der Waals surface area contributed by atoms with E-state index < -0.39 is 16.1 Å². The van der Waals surface area contributed by atoms with Crippen molar-refractivity contribution < 1.29 is 13.2 Å². The largest absolute Gasteiger partial charge is 0.352 e. The van der Waals surface area contributed by atoms with Crippen molar-refractivity contribution in [2.75, 3.05) is 0 Å². The highest BCUT2D eigenvalue weighted by Crippen LogP contribution is 2.32. The first-order valence-corrected chi connectivity index (χ1v) is 9.17. The summed E-state index contributed by atoms with van der Waals surface area (Å²) >= 11 is 0. The third-order valence-corrected chi connectivity index (χ3v) is 5.44. The van der Waals surface area contributed by atoms with Gasteiger partial charge in [-0.2, -0.15) is 4.72 Å². The number of carbonyl (C=O) groups is 1. The highest BCUT2D eigenvalue weighted by molar-refractivity contribution is 7.89. The second kappa shape index (κ2) is 6.79. The molecule has 5 nitrogen and oxygen atoms in total. The molecule has 1 aliphatic rings. The monoisotopic (exact) mass is 324 g/mol. The van der Waals surface area contributed by atoms with Crippen molar-refractivity contribution >= 4 is 15.9 Å². The molecular formula is C16H24N2O3S. The van der Waals surface area contributed by atoms with Crippen LogP contribution in [0.25, 0.3) is 0 Å². The van der Waals surface area contributed by atoms with Crippen LogP contribution < -0.4 is 10.0 Å². The predicted octanol–water partition coefficient (Wildman–Crippen LogP) is 1.90. The predicted molar refractivity (Wildman–Crippen MR) is 85.7 cm³/mol. The molecule has 1 amide bonds. The molecule has 0 spiro atoms. The number of sulfonamides is 1. The van der Waals surface area contributed by atoms with Gasteiger partial charge >= 0.3 is 0 Å². The Morgan fingerprint density at radius 3 is 2.23 bits per heavy atom. The minimum Gasteiger partial charge on any atom is -0.352 e. The Morgan fingerprint density at radius 2 is 1.73 bits per heavy atom. The van der Waals surface area contributed by atoms with E-state index in [0.717, 1.165) is 12.8 Å². The van der Waals surface area contributed by atoms with Gasteiger partial charge in [-0.05, 0) is 43.7 Å². The number of hydrogen-bond acceptors (Lipinski definition) is 3. The van der Waals surface area contributed by atoms with Gasteiger partial charge in [0.15, 0.2) is 0 Å². The molecule has 2 N–H and O–H groups in total. The number of hydrogen-bond donors (Lipinski definition) is 2. The summed E-state index contributed by atoms with van der Waals surface area (Å²) in [7, 11) is -3.70. The summed E-state index contributed by atoms with van der Waals surface area (Å²) < 4.78 is 27.3. The van der Waals surface area contributed by atoms with Crippen molar-refractivity contribution in [2.45, 2.75) is 50.6 Å². The number of nitrogens with one attached hydrogen (secondary N) is 2. The van der Waals surface area contributed by atoms with E-state index in [-0.39, 0.29) is 22.8 Å². The highest BCUT2D eigenvalue weighted by Gasteiger charge is 2.33. The van der Waals surface area contributed by atoms with Gasteiger partial charge in [-0.3, -0.25) is 4.79 Å². The average Bonchev–Trinajstić information content (AvgIpc) is 3.30. The van der Waals surface area contributed by atoms with E-state index in [2.05, 4.69) is 10.0 Å². The van der Waals surface area contributed by atoms with Gasteiger partial charge in [0.05, 0.1) is 4.90 Å². The molecule has 1 saturated carbocycles. The molecule has 1 aromatic rings. The molecule has 1 aromatic carbocycles. The topological polar surface area (TPSA) is 75.3 Å². The quantitative estimate of drug-likeness (QED) is 0.804. The molecule has 1 aliphatic carbocycles. The highest BCUT2D eigenvalue weighted by atomic mass is 32.2. The van der Waals surface area contributed by atoms with Gasteiger partial charge < -0.3 is 5.32 Å². The maximum Gasteiger partial charge on any atom is 0.241 e. The Labute approximate surface area is 132 Å². The maximum absolute atomic E-state index is 12.4. The fraction of sp³-hybridized carbons (Fsp3) is 0.562. The average molecular weight is 324 g/mol. The zero-order chi connectivity index (χ0) is 16.3. The second-order valence-corrected chi connectivity index (χ2v) is 8.00. The van der Waals surface area contributed by atoms with Gasteiger partial charge in [0.25, 0.3) is 0 Å². The lowest BCUT2D eigenvalue weighted by Crippen LogP contribution is -2.51. The van der Waals surface area contributed by atoms with E-state index in [1.54, 1.807) is 18.2 Å². The van der Waals surface area contributed by atoms with E-state index in [1.807, 2.05) is 20.8 Å². The van der Waals surface area contributed by atoms with Crippen molar-refractivity contribution in [1.29, 1.82) is 0 Å². The van der Waals surface area contributed by atoms with Crippen molar-refractivity contribution in [3.05, 3.63) is 30.3 Å². The van der Waals surface area contributed by atoms with Crippen molar-refractivity contribution in [3.8, 4) is 0 Å². The lowest BCUT2D eigenvalue weighted by molar-refractivity contribution is -0.124. The van der Waals surface area contributed by atoms with Crippen molar-refractivity contribution in [2.24, 2.45) is 11.8 Å². The van der Waals surface area contributed by atoms with Crippen molar-refractivity contribution in [1.82, 2.24) is 10.0 Å². The maximum atomic E-state index is 12.4. The van der Waals surface area contributed by atoms with Crippen LogP contribution in [0.15, 0.2) is 35.2 Å². The lowest BCUT2D eigenvalue weighted by atomic mass is 10.0. The minimum absolute atomic E-state index is 0.0926. The summed E-state index contributed by atoms with van der Waals surface area (Å²) in [6.07, 6.45) is 2.26. The summed E-state index contributed by atoms with van der Waals surface area (Å²) in [5.41, 5.74) is 0. The molecule has 0 aromatic heterocycles. The Balaban J connectivity index is 2.09. The molecule has 0 bridgehead atoms. The third-order valence-electron chi connectivity index (χ3n) is 3.98. The van der Waals surface area contributed by atoms with Crippen LogP contribution in [0, 0.1) is 11.8 Å². The Morgan fingerprint density at radius 1 is 1.14 bits per heavy atom. The molecule has 2 rings (SSSR count). The molecule has 0 radical (unpaired) electrons. The van der Waals surface area contributed by atoms with E-state index in [0.29, 0.717) is 5.92 Å². The van der Waals surface area contributed by atoms with Gasteiger partial charge in [0.2, 0.25) is 15.9 Å². The van der Waals surface area contributed by atoms with E-state index in [1.165, 1.54) is 12.1 Å². The Kier molecular flexibility index (Phi) is 5.24. The summed E-state index contributed by atoms with van der Waals surface area (Å²) in [6, 6.07) is 7.43. The molecule has 0 saturated heterocycles. The molecule has 0 aliphatic heterocycles. The SMILES string of the molecule is CC(C)[C@@H](NS(=O)(=O)c1ccccc1)C(=O)N[C@H](C)C1CC1. The Bertz CT molecular complexity index is 610. The first kappa shape index (κ1) is 17.0. The first-order chi connectivity index (χ1) is 10.3. The fourth-order valence-electron chi connectivity index (χ4n) is 2.36. The number of carbonyl (C=O) groups excluding carboxylic acids is 1. The molecule has 6 heteroatoms. The summed E-state index contributed by atoms with van der Waals surface area (Å²) in [6.45, 7) is 5.64. The van der Waals surface area contributed by atoms with E-state index in [9.17, 15) is 13.2 Å². The lowest BCUT2D eigenvalue weighted by Gasteiger charge is -2.24. The minimum atomic E-state index is -3.70. The second-order valence-electron chi connectivity index (χ2n) is 6.29. The molecule has 22 heavy (non-hydrogen) atoms. The van der Waals surface area contributed by atoms with Crippen LogP contribution in [-0.4, -0.2) is 26.4 Å². The molecule has 1 fully saturated rings. The summed E-state index contributed by atoms with van der Waals surface area (Å²) in [5, 5.41) is 2.93. The van der Waals surface area contributed by atoms with Gasteiger partial charge in [-0.15, -0.1) is 0 Å². The summed E-state index contributed by atoms with van der Waals surface area (Å²) in [5.74, 6) is 0.140. The number of benzene rings is 1. The number of rotatable bonds is 7. The van der Waals surface area contributed by atoms with E-state index >= 15 is 0 Å². The van der Waals surface area contributed by atoms with Crippen LogP contribution >= 0.6 is 0 Å². The smallest absolute Gasteiger partial charge is 0.241 e. The standard InChI is InChI=1S/C16H24N2O3S/c1-11(2)15(16(19)17-12(3)13-9-10-13)18-22(20,21)14-7-5-4-6-8-14/h4-8,11-13,15,18H,9-10H2,1-3H3,(H,17,19)/t12-,15-/m1/s1. The molecule has 2 atom stereocenters. The summed E-state index contributed by atoms with van der Waals surface area (Å²) in [4.78, 5) is 12.6. The molecular weight excluding hydrogens is 300 g/mol. The van der Waals surface area contributed by atoms with Crippen LogP contribution in [0.2, 0.25) is 0 Å².